The highest BCUT2D eigenvalue weighted by atomic mass is 16.1. The molecular weight excluding hydrogens is 402 g/mol. The fourth-order valence-electron chi connectivity index (χ4n) is 4.22. The number of aldehydes is 1. The third kappa shape index (κ3) is 4.36. The second-order valence-electron chi connectivity index (χ2n) is 8.55. The maximum Gasteiger partial charge on any atom is 0.145 e. The molecule has 4 heterocycles. The summed E-state index contributed by atoms with van der Waals surface area (Å²) in [6, 6.07) is 6.62. The van der Waals surface area contributed by atoms with Crippen molar-refractivity contribution in [2.75, 3.05) is 32.1 Å². The van der Waals surface area contributed by atoms with Crippen LogP contribution in [0.1, 0.15) is 30.4 Å². The van der Waals surface area contributed by atoms with Gasteiger partial charge in [-0.15, -0.1) is 0 Å². The number of carbonyl (C=O) groups excluding carboxylic acids is 1. The van der Waals surface area contributed by atoms with E-state index >= 15 is 0 Å². The molecular formula is C24H31N7O. The topological polar surface area (TPSA) is 71.0 Å². The Morgan fingerprint density at radius 2 is 2.12 bits per heavy atom. The zero-order chi connectivity index (χ0) is 22.8. The van der Waals surface area contributed by atoms with E-state index in [-0.39, 0.29) is 0 Å². The number of aromatic nitrogens is 4. The van der Waals surface area contributed by atoms with E-state index in [1.807, 2.05) is 41.4 Å². The monoisotopic (exact) mass is 433 g/mol. The number of hydrogen-bond acceptors (Lipinski definition) is 6. The van der Waals surface area contributed by atoms with Crippen LogP contribution in [0.25, 0.3) is 11.2 Å². The number of aryl methyl sites for hydroxylation is 3. The zero-order valence-corrected chi connectivity index (χ0v) is 19.5. The molecule has 0 spiro atoms. The summed E-state index contributed by atoms with van der Waals surface area (Å²) in [5.74, 6) is 0. The second kappa shape index (κ2) is 9.08. The van der Waals surface area contributed by atoms with Crippen LogP contribution in [0.5, 0.6) is 0 Å². The molecule has 8 heteroatoms. The molecule has 0 radical (unpaired) electrons. The van der Waals surface area contributed by atoms with Crippen LogP contribution in [0, 0.1) is 6.92 Å². The van der Waals surface area contributed by atoms with Gasteiger partial charge in [0.1, 0.15) is 17.5 Å². The van der Waals surface area contributed by atoms with Crippen molar-refractivity contribution in [3.05, 3.63) is 59.2 Å². The predicted molar refractivity (Wildman–Crippen MR) is 126 cm³/mol. The van der Waals surface area contributed by atoms with Gasteiger partial charge >= 0.3 is 0 Å². The molecule has 0 N–H and O–H groups in total. The third-order valence-electron chi connectivity index (χ3n) is 6.06. The molecule has 1 aliphatic rings. The Hall–Kier alpha value is -3.26. The molecule has 0 aliphatic carbocycles. The molecule has 0 bridgehead atoms. The van der Waals surface area contributed by atoms with Gasteiger partial charge in [0.25, 0.3) is 0 Å². The van der Waals surface area contributed by atoms with Gasteiger partial charge in [-0.25, -0.2) is 9.51 Å². The number of anilines is 1. The van der Waals surface area contributed by atoms with Crippen molar-refractivity contribution in [1.82, 2.24) is 24.1 Å². The number of nitrogens with zero attached hydrogens (tertiary/aromatic N) is 7. The summed E-state index contributed by atoms with van der Waals surface area (Å²) in [6.45, 7) is 6.09. The highest BCUT2D eigenvalue weighted by molar-refractivity contribution is 5.81. The van der Waals surface area contributed by atoms with Crippen LogP contribution >= 0.6 is 0 Å². The first-order chi connectivity index (χ1) is 15.4. The summed E-state index contributed by atoms with van der Waals surface area (Å²) in [7, 11) is 6.25. The molecule has 1 fully saturated rings. The first-order valence-corrected chi connectivity index (χ1v) is 11.0. The van der Waals surface area contributed by atoms with E-state index in [4.69, 9.17) is 4.99 Å². The average molecular weight is 434 g/mol. The second-order valence-corrected chi connectivity index (χ2v) is 8.55. The minimum atomic E-state index is 0.528. The van der Waals surface area contributed by atoms with Crippen molar-refractivity contribution in [2.45, 2.75) is 32.7 Å². The number of hydrogen-bond donors (Lipinski definition) is 0. The Kier molecular flexibility index (Phi) is 6.23. The summed E-state index contributed by atoms with van der Waals surface area (Å²) >= 11 is 0. The first-order valence-electron chi connectivity index (χ1n) is 11.0. The molecule has 3 aromatic heterocycles. The van der Waals surface area contributed by atoms with Gasteiger partial charge in [-0.2, -0.15) is 5.10 Å². The molecule has 0 aromatic carbocycles. The number of pyridine rings is 1. The molecule has 4 rings (SSSR count). The van der Waals surface area contributed by atoms with Crippen LogP contribution < -0.4 is 10.4 Å². The SMILES string of the molecule is CCc1nc(C)cn2nc(C(=C/C=O)/N=c3/ccc(N4CCC(N(C)C)C4)cn3C)cc12. The quantitative estimate of drug-likeness (QED) is 0.440. The molecule has 8 nitrogen and oxygen atoms in total. The van der Waals surface area contributed by atoms with Crippen molar-refractivity contribution < 1.29 is 4.79 Å². The molecule has 0 saturated carbocycles. The number of rotatable bonds is 6. The maximum absolute atomic E-state index is 11.4. The van der Waals surface area contributed by atoms with E-state index in [2.05, 4.69) is 53.2 Å². The molecule has 1 atom stereocenters. The van der Waals surface area contributed by atoms with Gasteiger partial charge in [-0.3, -0.25) is 9.78 Å². The lowest BCUT2D eigenvalue weighted by atomic mass is 10.2. The number of likely N-dealkylation sites (N-methyl/N-ethyl adjacent to an activating group) is 1. The Morgan fingerprint density at radius 1 is 1.31 bits per heavy atom. The lowest BCUT2D eigenvalue weighted by Crippen LogP contribution is -2.32. The summed E-state index contributed by atoms with van der Waals surface area (Å²) < 4.78 is 3.82. The molecule has 3 aromatic rings. The van der Waals surface area contributed by atoms with Crippen LogP contribution in [0.3, 0.4) is 0 Å². The number of carbonyl (C=O) groups is 1. The van der Waals surface area contributed by atoms with Crippen LogP contribution in [-0.4, -0.2) is 63.6 Å². The molecule has 1 aliphatic heterocycles. The van der Waals surface area contributed by atoms with Crippen molar-refractivity contribution in [3.63, 3.8) is 0 Å². The first kappa shape index (κ1) is 22.0. The highest BCUT2D eigenvalue weighted by Crippen LogP contribution is 2.22. The van der Waals surface area contributed by atoms with Gasteiger partial charge in [0.2, 0.25) is 0 Å². The largest absolute Gasteiger partial charge is 0.369 e. The van der Waals surface area contributed by atoms with Crippen molar-refractivity contribution in [2.24, 2.45) is 12.0 Å². The predicted octanol–water partition coefficient (Wildman–Crippen LogP) is 2.22. The Labute approximate surface area is 188 Å². The van der Waals surface area contributed by atoms with E-state index < -0.39 is 0 Å². The Balaban J connectivity index is 1.69. The Morgan fingerprint density at radius 3 is 2.78 bits per heavy atom. The summed E-state index contributed by atoms with van der Waals surface area (Å²) in [4.78, 5) is 25.4. The number of fused-ring (bicyclic) bond motifs is 1. The van der Waals surface area contributed by atoms with E-state index in [1.165, 1.54) is 11.8 Å². The molecule has 0 amide bonds. The van der Waals surface area contributed by atoms with Crippen LogP contribution in [0.2, 0.25) is 0 Å². The molecule has 1 saturated heterocycles. The van der Waals surface area contributed by atoms with Gasteiger partial charge < -0.3 is 14.4 Å². The van der Waals surface area contributed by atoms with Gasteiger partial charge in [0, 0.05) is 38.5 Å². The van der Waals surface area contributed by atoms with E-state index in [0.717, 1.165) is 54.6 Å². The standard InChI is InChI=1S/C24H31N7O/c1-6-20-23-13-22(27-31(23)14-17(2)25-20)21(10-12-32)26-24-8-7-19(15-29(24)5)30-11-9-18(16-30)28(3)4/h7-8,10,12-15,18H,6,9,11,16H2,1-5H3/b21-10-,26-24-. The minimum Gasteiger partial charge on any atom is -0.369 e. The Bertz CT molecular complexity index is 1230. The molecule has 1 unspecified atom stereocenters. The smallest absolute Gasteiger partial charge is 0.145 e. The summed E-state index contributed by atoms with van der Waals surface area (Å²) in [6.07, 6.45) is 8.18. The van der Waals surface area contributed by atoms with E-state index in [9.17, 15) is 4.79 Å². The van der Waals surface area contributed by atoms with Crippen LogP contribution in [-0.2, 0) is 18.3 Å². The normalized spacial score (nSPS) is 17.7. The lowest BCUT2D eigenvalue weighted by molar-refractivity contribution is -0.104. The van der Waals surface area contributed by atoms with E-state index in [1.54, 1.807) is 0 Å². The summed E-state index contributed by atoms with van der Waals surface area (Å²) in [5, 5.41) is 4.67. The number of allylic oxidation sites excluding steroid dienone is 1. The van der Waals surface area contributed by atoms with Gasteiger partial charge in [0.15, 0.2) is 0 Å². The fraction of sp³-hybridized carbons (Fsp3) is 0.417. The van der Waals surface area contributed by atoms with Crippen molar-refractivity contribution >= 4 is 23.2 Å². The third-order valence-corrected chi connectivity index (χ3v) is 6.06. The van der Waals surface area contributed by atoms with Crippen molar-refractivity contribution in [3.8, 4) is 0 Å². The van der Waals surface area contributed by atoms with Crippen LogP contribution in [0.15, 0.2) is 41.7 Å². The lowest BCUT2D eigenvalue weighted by Gasteiger charge is -2.22. The van der Waals surface area contributed by atoms with Crippen LogP contribution in [0.4, 0.5) is 5.69 Å². The minimum absolute atomic E-state index is 0.528. The van der Waals surface area contributed by atoms with E-state index in [0.29, 0.717) is 17.4 Å². The average Bonchev–Trinajstić information content (AvgIpc) is 3.41. The van der Waals surface area contributed by atoms with Crippen molar-refractivity contribution in [1.29, 1.82) is 0 Å². The fourth-order valence-corrected chi connectivity index (χ4v) is 4.22. The highest BCUT2D eigenvalue weighted by Gasteiger charge is 2.24. The van der Waals surface area contributed by atoms with Gasteiger partial charge in [-0.05, 0) is 52.1 Å². The molecule has 168 valence electrons. The van der Waals surface area contributed by atoms with Gasteiger partial charge in [0.05, 0.1) is 34.5 Å². The zero-order valence-electron chi connectivity index (χ0n) is 19.5. The molecule has 32 heavy (non-hydrogen) atoms. The summed E-state index contributed by atoms with van der Waals surface area (Å²) in [5.41, 5.74) is 5.93. The maximum atomic E-state index is 11.4. The van der Waals surface area contributed by atoms with Gasteiger partial charge in [-0.1, -0.05) is 6.92 Å².